The Morgan fingerprint density at radius 3 is 2.45 bits per heavy atom. The van der Waals surface area contributed by atoms with Crippen LogP contribution in [0, 0.1) is 5.82 Å². The average Bonchev–Trinajstić information content (AvgIpc) is 3.18. The van der Waals surface area contributed by atoms with Crippen LogP contribution >= 0.6 is 0 Å². The Morgan fingerprint density at radius 1 is 1.00 bits per heavy atom. The van der Waals surface area contributed by atoms with E-state index in [1.807, 2.05) is 30.3 Å². The van der Waals surface area contributed by atoms with Gasteiger partial charge in [0.1, 0.15) is 17.3 Å². The molecule has 3 unspecified atom stereocenters. The van der Waals surface area contributed by atoms with Crippen LogP contribution in [0.5, 0.6) is 11.5 Å². The van der Waals surface area contributed by atoms with Gasteiger partial charge in [-0.3, -0.25) is 5.32 Å². The summed E-state index contributed by atoms with van der Waals surface area (Å²) in [5.74, 6) is -0.230. The molecule has 3 aromatic carbocycles. The van der Waals surface area contributed by atoms with Gasteiger partial charge in [-0.15, -0.1) is 0 Å². The molecule has 3 atom stereocenters. The highest BCUT2D eigenvalue weighted by Gasteiger charge is 2.36. The Balaban J connectivity index is 1.49. The lowest BCUT2D eigenvalue weighted by molar-refractivity contribution is 0.162. The maximum atomic E-state index is 13.1. The molecule has 1 aliphatic heterocycles. The highest BCUT2D eigenvalue weighted by molar-refractivity contribution is 5.53. The van der Waals surface area contributed by atoms with Crippen molar-refractivity contribution in [3.05, 3.63) is 89.7 Å². The molecule has 162 valence electrons. The number of aliphatic hydroxyl groups excluding tert-OH is 1. The van der Waals surface area contributed by atoms with E-state index < -0.39 is 6.10 Å². The molecule has 1 saturated heterocycles. The quantitative estimate of drug-likeness (QED) is 0.447. The van der Waals surface area contributed by atoms with E-state index in [0.717, 1.165) is 24.1 Å². The smallest absolute Gasteiger partial charge is 0.124 e. The average molecular weight is 423 g/mol. The highest BCUT2D eigenvalue weighted by atomic mass is 19.1. The zero-order valence-corrected chi connectivity index (χ0v) is 17.2. The summed E-state index contributed by atoms with van der Waals surface area (Å²) < 4.78 is 13.1. The zero-order chi connectivity index (χ0) is 21.8. The van der Waals surface area contributed by atoms with Gasteiger partial charge >= 0.3 is 0 Å². The first-order chi connectivity index (χ1) is 15.0. The molecule has 0 aromatic heterocycles. The summed E-state index contributed by atoms with van der Waals surface area (Å²) in [6, 6.07) is 20.6. The molecule has 31 heavy (non-hydrogen) atoms. The summed E-state index contributed by atoms with van der Waals surface area (Å²) in [4.78, 5) is 2.20. The van der Waals surface area contributed by atoms with Crippen LogP contribution in [0.15, 0.2) is 72.8 Å². The Kier molecular flexibility index (Phi) is 6.39. The van der Waals surface area contributed by atoms with Gasteiger partial charge in [0.25, 0.3) is 0 Å². The van der Waals surface area contributed by atoms with Crippen LogP contribution in [0.1, 0.15) is 42.5 Å². The molecule has 6 heteroatoms. The third-order valence-electron chi connectivity index (χ3n) is 5.91. The van der Waals surface area contributed by atoms with Crippen LogP contribution in [0.4, 0.5) is 10.1 Å². The van der Waals surface area contributed by atoms with Crippen molar-refractivity contribution in [3.63, 3.8) is 0 Å². The number of phenolic OH excluding ortho intramolecular Hbond substituents is 2. The summed E-state index contributed by atoms with van der Waals surface area (Å²) in [7, 11) is 0. The van der Waals surface area contributed by atoms with Crippen molar-refractivity contribution in [2.45, 2.75) is 37.5 Å². The minimum absolute atomic E-state index is 0.0254. The van der Waals surface area contributed by atoms with E-state index in [1.54, 1.807) is 24.3 Å². The first-order valence-corrected chi connectivity index (χ1v) is 10.5. The van der Waals surface area contributed by atoms with Gasteiger partial charge in [0, 0.05) is 23.4 Å². The van der Waals surface area contributed by atoms with E-state index in [1.165, 1.54) is 18.2 Å². The number of phenols is 2. The molecule has 4 rings (SSSR count). The fraction of sp³-hybridized carbons (Fsp3) is 0.280. The number of aliphatic hydroxyl groups is 1. The summed E-state index contributed by atoms with van der Waals surface area (Å²) >= 11 is 0. The van der Waals surface area contributed by atoms with Gasteiger partial charge in [0.05, 0.1) is 18.8 Å². The summed E-state index contributed by atoms with van der Waals surface area (Å²) in [5, 5.41) is 34.2. The lowest BCUT2D eigenvalue weighted by Gasteiger charge is -2.30. The van der Waals surface area contributed by atoms with E-state index in [9.17, 15) is 19.7 Å². The molecule has 0 amide bonds. The molecule has 0 radical (unpaired) electrons. The van der Waals surface area contributed by atoms with E-state index in [0.29, 0.717) is 18.7 Å². The summed E-state index contributed by atoms with van der Waals surface area (Å²) in [6.07, 6.45) is 1.46. The van der Waals surface area contributed by atoms with Crippen molar-refractivity contribution in [2.24, 2.45) is 0 Å². The van der Waals surface area contributed by atoms with Gasteiger partial charge in [0.2, 0.25) is 0 Å². The predicted octanol–water partition coefficient (Wildman–Crippen LogP) is 4.62. The monoisotopic (exact) mass is 422 g/mol. The second-order valence-corrected chi connectivity index (χ2v) is 7.96. The Bertz CT molecular complexity index is 997. The number of hydrogen-bond donors (Lipinski definition) is 4. The van der Waals surface area contributed by atoms with Crippen molar-refractivity contribution in [1.82, 2.24) is 5.32 Å². The third-order valence-corrected chi connectivity index (χ3v) is 5.91. The van der Waals surface area contributed by atoms with Crippen LogP contribution in [0.25, 0.3) is 0 Å². The molecule has 0 saturated carbocycles. The first-order valence-electron chi connectivity index (χ1n) is 10.5. The topological polar surface area (TPSA) is 76.0 Å². The molecule has 5 nitrogen and oxygen atoms in total. The van der Waals surface area contributed by atoms with Crippen LogP contribution in [-0.2, 0) is 0 Å². The van der Waals surface area contributed by atoms with Crippen molar-refractivity contribution >= 4 is 5.69 Å². The van der Waals surface area contributed by atoms with Gasteiger partial charge < -0.3 is 20.2 Å². The number of benzene rings is 3. The number of anilines is 1. The van der Waals surface area contributed by atoms with Crippen molar-refractivity contribution in [2.75, 3.05) is 11.6 Å². The molecule has 0 bridgehead atoms. The summed E-state index contributed by atoms with van der Waals surface area (Å²) in [6.45, 7) is 0.625. The first kappa shape index (κ1) is 21.2. The van der Waals surface area contributed by atoms with Gasteiger partial charge in [-0.05, 0) is 61.2 Å². The van der Waals surface area contributed by atoms with Gasteiger partial charge in [-0.1, -0.05) is 30.3 Å². The van der Waals surface area contributed by atoms with E-state index in [2.05, 4.69) is 10.2 Å². The third kappa shape index (κ3) is 4.81. The molecule has 1 heterocycles. The number of nitrogens with zero attached hydrogens (tertiary/aromatic N) is 1. The van der Waals surface area contributed by atoms with Crippen LogP contribution in [0.2, 0.25) is 0 Å². The highest BCUT2D eigenvalue weighted by Crippen LogP contribution is 2.40. The molecule has 1 fully saturated rings. The minimum Gasteiger partial charge on any atom is -0.508 e. The van der Waals surface area contributed by atoms with Gasteiger partial charge in [-0.2, -0.15) is 0 Å². The van der Waals surface area contributed by atoms with Gasteiger partial charge in [-0.25, -0.2) is 4.39 Å². The molecule has 4 N–H and O–H groups in total. The fourth-order valence-corrected chi connectivity index (χ4v) is 4.32. The number of hydrogen-bond acceptors (Lipinski definition) is 5. The SMILES string of the molecule is Oc1ccc(C2C(CCCC(O)c3ccc(F)cc3)NCN2c2ccccc2)c(O)c1. The number of nitrogens with one attached hydrogen (secondary N) is 1. The van der Waals surface area contributed by atoms with Crippen LogP contribution in [0.3, 0.4) is 0 Å². The molecular weight excluding hydrogens is 395 g/mol. The lowest BCUT2D eigenvalue weighted by atomic mass is 9.93. The van der Waals surface area contributed by atoms with E-state index in [4.69, 9.17) is 0 Å². The van der Waals surface area contributed by atoms with Crippen LogP contribution in [-0.4, -0.2) is 28.0 Å². The van der Waals surface area contributed by atoms with E-state index >= 15 is 0 Å². The van der Waals surface area contributed by atoms with Gasteiger partial charge in [0.15, 0.2) is 0 Å². The molecule has 0 spiro atoms. The van der Waals surface area contributed by atoms with Crippen molar-refractivity contribution in [1.29, 1.82) is 0 Å². The maximum absolute atomic E-state index is 13.1. The van der Waals surface area contributed by atoms with Crippen LogP contribution < -0.4 is 10.2 Å². The Morgan fingerprint density at radius 2 is 1.74 bits per heavy atom. The molecular formula is C25H27FN2O3. The molecule has 3 aromatic rings. The largest absolute Gasteiger partial charge is 0.508 e. The normalized spacial score (nSPS) is 19.5. The molecule has 0 aliphatic carbocycles. The minimum atomic E-state index is -0.646. The second-order valence-electron chi connectivity index (χ2n) is 7.96. The number of para-hydroxylation sites is 1. The summed E-state index contributed by atoms with van der Waals surface area (Å²) in [5.41, 5.74) is 2.50. The number of halogens is 1. The fourth-order valence-electron chi connectivity index (χ4n) is 4.32. The molecule has 1 aliphatic rings. The lowest BCUT2D eigenvalue weighted by Crippen LogP contribution is -2.28. The number of aromatic hydroxyl groups is 2. The standard InChI is InChI=1S/C25H27FN2O3/c26-18-11-9-17(10-12-18)23(30)8-4-7-22-25(21-14-13-20(29)15-24(21)31)28(16-27-22)19-5-2-1-3-6-19/h1-3,5-6,9-15,22-23,25,27,29-31H,4,7-8,16H2. The second kappa shape index (κ2) is 9.37. The maximum Gasteiger partial charge on any atom is 0.124 e. The van der Waals surface area contributed by atoms with E-state index in [-0.39, 0.29) is 29.4 Å². The Hall–Kier alpha value is -3.09. The van der Waals surface area contributed by atoms with Crippen molar-refractivity contribution in [3.8, 4) is 11.5 Å². The number of rotatable bonds is 7. The zero-order valence-electron chi connectivity index (χ0n) is 17.2. The van der Waals surface area contributed by atoms with Crippen molar-refractivity contribution < 1.29 is 19.7 Å². The Labute approximate surface area is 181 Å². The predicted molar refractivity (Wildman–Crippen MR) is 118 cm³/mol.